The van der Waals surface area contributed by atoms with Gasteiger partial charge in [-0.25, -0.2) is 0 Å². The lowest BCUT2D eigenvalue weighted by Gasteiger charge is -2.29. The number of carbonyl (C=O) groups excluding carboxylic acids is 4. The van der Waals surface area contributed by atoms with Crippen LogP contribution < -0.4 is 4.90 Å². The topological polar surface area (TPSA) is 84.0 Å². The van der Waals surface area contributed by atoms with E-state index in [0.29, 0.717) is 12.1 Å². The van der Waals surface area contributed by atoms with Gasteiger partial charge in [-0.15, -0.1) is 0 Å². The van der Waals surface area contributed by atoms with Crippen LogP contribution in [0.5, 0.6) is 0 Å². The number of esters is 1. The van der Waals surface area contributed by atoms with Gasteiger partial charge >= 0.3 is 5.97 Å². The molecule has 140 valence electrons. The highest BCUT2D eigenvalue weighted by Crippen LogP contribution is 2.44. The smallest absolute Gasteiger partial charge is 0.320 e. The highest BCUT2D eigenvalue weighted by atomic mass is 16.5. The van der Waals surface area contributed by atoms with E-state index in [1.807, 2.05) is 24.3 Å². The number of nitrogens with zero attached hydrogens (tertiary/aromatic N) is 2. The Morgan fingerprint density at radius 3 is 2.18 bits per heavy atom. The molecule has 3 aliphatic rings. The van der Waals surface area contributed by atoms with E-state index < -0.39 is 41.7 Å². The van der Waals surface area contributed by atoms with Crippen molar-refractivity contribution in [3.05, 3.63) is 65.2 Å². The lowest BCUT2D eigenvalue weighted by atomic mass is 9.93. The summed E-state index contributed by atoms with van der Waals surface area (Å²) >= 11 is 0. The molecule has 0 bridgehead atoms. The zero-order valence-corrected chi connectivity index (χ0v) is 15.0. The largest absolute Gasteiger partial charge is 0.468 e. The Hall–Kier alpha value is -3.48. The molecule has 0 unspecified atom stereocenters. The van der Waals surface area contributed by atoms with Crippen LogP contribution in [0, 0.1) is 5.92 Å². The molecule has 0 aromatic heterocycles. The van der Waals surface area contributed by atoms with Crippen molar-refractivity contribution in [1.82, 2.24) is 4.90 Å². The summed E-state index contributed by atoms with van der Waals surface area (Å²) < 4.78 is 4.86. The van der Waals surface area contributed by atoms with E-state index in [1.165, 1.54) is 7.11 Å². The number of anilines is 1. The number of imide groups is 1. The minimum Gasteiger partial charge on any atom is -0.468 e. The molecule has 1 saturated heterocycles. The first kappa shape index (κ1) is 16.7. The van der Waals surface area contributed by atoms with Crippen molar-refractivity contribution < 1.29 is 23.9 Å². The van der Waals surface area contributed by atoms with Crippen LogP contribution in [0.4, 0.5) is 5.69 Å². The van der Waals surface area contributed by atoms with E-state index in [-0.39, 0.29) is 11.1 Å². The Bertz CT molecular complexity index is 1030. The molecule has 3 amide bonds. The number of para-hydroxylation sites is 1. The first-order valence-corrected chi connectivity index (χ1v) is 9.00. The van der Waals surface area contributed by atoms with Gasteiger partial charge in [0.15, 0.2) is 5.92 Å². The van der Waals surface area contributed by atoms with Crippen molar-refractivity contribution >= 4 is 29.4 Å². The summed E-state index contributed by atoms with van der Waals surface area (Å²) in [5, 5.41) is 0. The van der Waals surface area contributed by atoms with Gasteiger partial charge in [0, 0.05) is 5.69 Å². The molecule has 0 N–H and O–H groups in total. The van der Waals surface area contributed by atoms with Crippen LogP contribution in [0.3, 0.4) is 0 Å². The number of rotatable bonds is 2. The number of hydrogen-bond donors (Lipinski definition) is 0. The zero-order chi connectivity index (χ0) is 19.6. The van der Waals surface area contributed by atoms with Crippen LogP contribution in [-0.2, 0) is 20.7 Å². The quantitative estimate of drug-likeness (QED) is 0.450. The number of hydrogen-bond acceptors (Lipinski definition) is 5. The lowest BCUT2D eigenvalue weighted by Crippen LogP contribution is -2.51. The van der Waals surface area contributed by atoms with Gasteiger partial charge in [0.2, 0.25) is 5.91 Å². The molecule has 0 spiro atoms. The summed E-state index contributed by atoms with van der Waals surface area (Å²) in [6.07, 6.45) is 0.466. The number of amides is 3. The van der Waals surface area contributed by atoms with E-state index in [2.05, 4.69) is 0 Å². The van der Waals surface area contributed by atoms with Crippen molar-refractivity contribution in [2.45, 2.75) is 18.5 Å². The minimum atomic E-state index is -1.23. The standard InChI is InChI=1S/C21H16N2O5/c1-28-21(27)16-17(23-18(24)12-7-3-4-8-13(12)19(23)25)15-10-11-6-2-5-9-14(11)22(15)20(16)26/h2-9,15-17H,10H2,1H3/t15-,16+,17-/m1/s1. The van der Waals surface area contributed by atoms with Crippen LogP contribution in [0.15, 0.2) is 48.5 Å². The fraction of sp³-hybridized carbons (Fsp3) is 0.238. The van der Waals surface area contributed by atoms with Gasteiger partial charge in [0.05, 0.1) is 30.3 Å². The summed E-state index contributed by atoms with van der Waals surface area (Å²) in [5.74, 6) is -3.37. The van der Waals surface area contributed by atoms with Crippen molar-refractivity contribution in [2.75, 3.05) is 12.0 Å². The van der Waals surface area contributed by atoms with Crippen molar-refractivity contribution in [2.24, 2.45) is 5.92 Å². The van der Waals surface area contributed by atoms with Crippen molar-refractivity contribution in [1.29, 1.82) is 0 Å². The van der Waals surface area contributed by atoms with E-state index in [1.54, 1.807) is 29.2 Å². The SMILES string of the molecule is COC(=O)[C@@H]1C(=O)N2c3ccccc3C[C@@H]2[C@H]1N1C(=O)c2ccccc2C1=O. The zero-order valence-electron chi connectivity index (χ0n) is 15.0. The van der Waals surface area contributed by atoms with Gasteiger partial charge in [-0.3, -0.25) is 24.1 Å². The average molecular weight is 376 g/mol. The Balaban J connectivity index is 1.64. The Labute approximate surface area is 160 Å². The third kappa shape index (κ3) is 1.98. The number of fused-ring (bicyclic) bond motifs is 4. The van der Waals surface area contributed by atoms with Gasteiger partial charge in [0.25, 0.3) is 11.8 Å². The predicted molar refractivity (Wildman–Crippen MR) is 97.7 cm³/mol. The molecule has 3 atom stereocenters. The number of benzene rings is 2. The molecule has 7 nitrogen and oxygen atoms in total. The van der Waals surface area contributed by atoms with E-state index in [4.69, 9.17) is 4.74 Å². The molecule has 0 aliphatic carbocycles. The molecule has 1 fully saturated rings. The predicted octanol–water partition coefficient (Wildman–Crippen LogP) is 1.41. The van der Waals surface area contributed by atoms with Crippen molar-refractivity contribution in [3.63, 3.8) is 0 Å². The normalized spacial score (nSPS) is 25.0. The molecular weight excluding hydrogens is 360 g/mol. The molecule has 0 saturated carbocycles. The van der Waals surface area contributed by atoms with Crippen LogP contribution >= 0.6 is 0 Å². The monoisotopic (exact) mass is 376 g/mol. The number of carbonyl (C=O) groups is 4. The maximum Gasteiger partial charge on any atom is 0.320 e. The molecule has 3 aliphatic heterocycles. The van der Waals surface area contributed by atoms with Gasteiger partial charge in [0.1, 0.15) is 0 Å². The highest BCUT2D eigenvalue weighted by molar-refractivity contribution is 6.23. The summed E-state index contributed by atoms with van der Waals surface area (Å²) in [5.41, 5.74) is 2.24. The number of methoxy groups -OCH3 is 1. The second-order valence-electron chi connectivity index (χ2n) is 7.13. The van der Waals surface area contributed by atoms with E-state index in [0.717, 1.165) is 10.5 Å². The summed E-state index contributed by atoms with van der Waals surface area (Å²) in [4.78, 5) is 54.4. The second kappa shape index (κ2) is 5.76. The molecule has 3 heterocycles. The van der Waals surface area contributed by atoms with Gasteiger partial charge in [-0.05, 0) is 30.2 Å². The Morgan fingerprint density at radius 2 is 1.54 bits per heavy atom. The van der Waals surface area contributed by atoms with Crippen LogP contribution in [0.1, 0.15) is 26.3 Å². The molecular formula is C21H16N2O5. The molecule has 28 heavy (non-hydrogen) atoms. The molecule has 2 aromatic carbocycles. The fourth-order valence-corrected chi connectivity index (χ4v) is 4.65. The first-order valence-electron chi connectivity index (χ1n) is 9.00. The molecule has 2 aromatic rings. The molecule has 0 radical (unpaired) electrons. The average Bonchev–Trinajstić information content (AvgIpc) is 3.31. The lowest BCUT2D eigenvalue weighted by molar-refractivity contribution is -0.149. The first-order chi connectivity index (χ1) is 13.5. The minimum absolute atomic E-state index is 0.289. The second-order valence-corrected chi connectivity index (χ2v) is 7.13. The van der Waals surface area contributed by atoms with E-state index >= 15 is 0 Å². The van der Waals surface area contributed by atoms with Crippen LogP contribution in [0.25, 0.3) is 0 Å². The maximum absolute atomic E-state index is 13.2. The molecule has 5 rings (SSSR count). The highest BCUT2D eigenvalue weighted by Gasteiger charge is 2.60. The third-order valence-corrected chi connectivity index (χ3v) is 5.83. The van der Waals surface area contributed by atoms with Gasteiger partial charge in [-0.2, -0.15) is 0 Å². The summed E-state index contributed by atoms with van der Waals surface area (Å²) in [7, 11) is 1.20. The van der Waals surface area contributed by atoms with Crippen molar-refractivity contribution in [3.8, 4) is 0 Å². The van der Waals surface area contributed by atoms with Gasteiger partial charge < -0.3 is 9.64 Å². The van der Waals surface area contributed by atoms with E-state index in [9.17, 15) is 19.2 Å². The Morgan fingerprint density at radius 1 is 0.929 bits per heavy atom. The van der Waals surface area contributed by atoms with Crippen LogP contribution in [-0.4, -0.2) is 47.8 Å². The van der Waals surface area contributed by atoms with Gasteiger partial charge in [-0.1, -0.05) is 30.3 Å². The third-order valence-electron chi connectivity index (χ3n) is 5.83. The maximum atomic E-state index is 13.2. The molecule has 7 heteroatoms. The summed E-state index contributed by atoms with van der Waals surface area (Å²) in [6.45, 7) is 0. The number of ether oxygens (including phenoxy) is 1. The van der Waals surface area contributed by atoms with Crippen LogP contribution in [0.2, 0.25) is 0 Å². The Kier molecular flexibility index (Phi) is 3.43. The summed E-state index contributed by atoms with van der Waals surface area (Å²) in [6, 6.07) is 12.5. The fourth-order valence-electron chi connectivity index (χ4n) is 4.65.